The van der Waals surface area contributed by atoms with Crippen molar-refractivity contribution in [1.82, 2.24) is 10.3 Å². The third-order valence-corrected chi connectivity index (χ3v) is 2.26. The van der Waals surface area contributed by atoms with Crippen LogP contribution in [0.1, 0.15) is 25.8 Å². The van der Waals surface area contributed by atoms with Gasteiger partial charge in [0.15, 0.2) is 0 Å². The molecule has 3 nitrogen and oxygen atoms in total. The van der Waals surface area contributed by atoms with Gasteiger partial charge in [-0.1, -0.05) is 19.9 Å². The van der Waals surface area contributed by atoms with Gasteiger partial charge in [0.05, 0.1) is 7.11 Å². The first-order valence-corrected chi connectivity index (χ1v) is 5.42. The summed E-state index contributed by atoms with van der Waals surface area (Å²) in [5.74, 6) is 1.46. The van der Waals surface area contributed by atoms with Crippen LogP contribution in [-0.2, 0) is 6.54 Å². The number of ether oxygens (including phenoxy) is 1. The molecule has 0 radical (unpaired) electrons. The van der Waals surface area contributed by atoms with Crippen molar-refractivity contribution in [2.24, 2.45) is 5.92 Å². The first-order valence-electron chi connectivity index (χ1n) is 5.42. The largest absolute Gasteiger partial charge is 0.481 e. The summed E-state index contributed by atoms with van der Waals surface area (Å²) in [5, 5.41) is 3.39. The summed E-state index contributed by atoms with van der Waals surface area (Å²) in [7, 11) is 1.65. The molecule has 0 aliphatic carbocycles. The van der Waals surface area contributed by atoms with E-state index in [4.69, 9.17) is 4.74 Å². The van der Waals surface area contributed by atoms with Gasteiger partial charge in [-0.2, -0.15) is 0 Å². The SMILES string of the molecule is COc1ncccc1CNCCC(C)C. The lowest BCUT2D eigenvalue weighted by atomic mass is 10.1. The van der Waals surface area contributed by atoms with E-state index in [9.17, 15) is 0 Å². The first kappa shape index (κ1) is 12.0. The predicted molar refractivity (Wildman–Crippen MR) is 62.0 cm³/mol. The molecule has 3 heteroatoms. The van der Waals surface area contributed by atoms with Crippen LogP contribution in [0.2, 0.25) is 0 Å². The number of nitrogens with one attached hydrogen (secondary N) is 1. The topological polar surface area (TPSA) is 34.1 Å². The Bertz CT molecular complexity index is 287. The second-order valence-electron chi connectivity index (χ2n) is 4.03. The summed E-state index contributed by atoms with van der Waals surface area (Å²) in [6.45, 7) is 6.32. The number of aromatic nitrogens is 1. The van der Waals surface area contributed by atoms with Crippen LogP contribution in [-0.4, -0.2) is 18.6 Å². The number of hydrogen-bond donors (Lipinski definition) is 1. The van der Waals surface area contributed by atoms with Crippen LogP contribution < -0.4 is 10.1 Å². The third-order valence-electron chi connectivity index (χ3n) is 2.26. The van der Waals surface area contributed by atoms with Crippen molar-refractivity contribution in [3.05, 3.63) is 23.9 Å². The van der Waals surface area contributed by atoms with Crippen molar-refractivity contribution < 1.29 is 4.74 Å². The molecule has 0 aliphatic heterocycles. The number of rotatable bonds is 6. The molecule has 0 aliphatic rings. The summed E-state index contributed by atoms with van der Waals surface area (Å²) in [5.41, 5.74) is 1.11. The highest BCUT2D eigenvalue weighted by molar-refractivity contribution is 5.24. The highest BCUT2D eigenvalue weighted by atomic mass is 16.5. The zero-order valence-corrected chi connectivity index (χ0v) is 9.79. The van der Waals surface area contributed by atoms with Crippen molar-refractivity contribution in [3.63, 3.8) is 0 Å². The fourth-order valence-electron chi connectivity index (χ4n) is 1.36. The van der Waals surface area contributed by atoms with Crippen LogP contribution in [0.3, 0.4) is 0 Å². The van der Waals surface area contributed by atoms with E-state index in [-0.39, 0.29) is 0 Å². The Morgan fingerprint density at radius 3 is 2.93 bits per heavy atom. The molecular weight excluding hydrogens is 188 g/mol. The molecule has 0 saturated heterocycles. The van der Waals surface area contributed by atoms with E-state index in [1.54, 1.807) is 13.3 Å². The van der Waals surface area contributed by atoms with Crippen molar-refractivity contribution in [3.8, 4) is 5.88 Å². The first-order chi connectivity index (χ1) is 7.24. The average Bonchev–Trinajstić information content (AvgIpc) is 2.24. The molecule has 1 aromatic heterocycles. The summed E-state index contributed by atoms with van der Waals surface area (Å²) in [6, 6.07) is 3.97. The zero-order chi connectivity index (χ0) is 11.1. The van der Waals surface area contributed by atoms with Crippen LogP contribution in [0.15, 0.2) is 18.3 Å². The highest BCUT2D eigenvalue weighted by Crippen LogP contribution is 2.12. The van der Waals surface area contributed by atoms with Gasteiger partial charge >= 0.3 is 0 Å². The van der Waals surface area contributed by atoms with E-state index < -0.39 is 0 Å². The van der Waals surface area contributed by atoms with Gasteiger partial charge in [-0.15, -0.1) is 0 Å². The number of nitrogens with zero attached hydrogens (tertiary/aromatic N) is 1. The summed E-state index contributed by atoms with van der Waals surface area (Å²) in [4.78, 5) is 4.15. The van der Waals surface area contributed by atoms with Crippen molar-refractivity contribution in [1.29, 1.82) is 0 Å². The van der Waals surface area contributed by atoms with Crippen molar-refractivity contribution in [2.45, 2.75) is 26.8 Å². The molecule has 1 rings (SSSR count). The fraction of sp³-hybridized carbons (Fsp3) is 0.583. The number of pyridine rings is 1. The average molecular weight is 208 g/mol. The minimum absolute atomic E-state index is 0.717. The Hall–Kier alpha value is -1.09. The molecular formula is C12H20N2O. The van der Waals surface area contributed by atoms with Gasteiger partial charge in [0, 0.05) is 18.3 Å². The second-order valence-corrected chi connectivity index (χ2v) is 4.03. The van der Waals surface area contributed by atoms with Gasteiger partial charge in [-0.05, 0) is 24.9 Å². The Labute approximate surface area is 91.9 Å². The van der Waals surface area contributed by atoms with Gasteiger partial charge in [0.2, 0.25) is 5.88 Å². The molecule has 0 unspecified atom stereocenters. The van der Waals surface area contributed by atoms with Crippen molar-refractivity contribution >= 4 is 0 Å². The molecule has 0 amide bonds. The number of methoxy groups -OCH3 is 1. The quantitative estimate of drug-likeness (QED) is 0.728. The molecule has 15 heavy (non-hydrogen) atoms. The van der Waals surface area contributed by atoms with E-state index in [0.29, 0.717) is 0 Å². The monoisotopic (exact) mass is 208 g/mol. The molecule has 0 aromatic carbocycles. The van der Waals surface area contributed by atoms with Gasteiger partial charge in [-0.25, -0.2) is 4.98 Å². The predicted octanol–water partition coefficient (Wildman–Crippen LogP) is 2.23. The highest BCUT2D eigenvalue weighted by Gasteiger charge is 2.02. The van der Waals surface area contributed by atoms with Gasteiger partial charge in [0.1, 0.15) is 0 Å². The van der Waals surface area contributed by atoms with E-state index in [1.807, 2.05) is 12.1 Å². The molecule has 0 atom stereocenters. The van der Waals surface area contributed by atoms with Gasteiger partial charge in [0.25, 0.3) is 0 Å². The zero-order valence-electron chi connectivity index (χ0n) is 9.79. The summed E-state index contributed by atoms with van der Waals surface area (Å²) < 4.78 is 5.17. The van der Waals surface area contributed by atoms with Crippen LogP contribution in [0, 0.1) is 5.92 Å². The Balaban J connectivity index is 2.36. The fourth-order valence-corrected chi connectivity index (χ4v) is 1.36. The minimum atomic E-state index is 0.717. The summed E-state index contributed by atoms with van der Waals surface area (Å²) in [6.07, 6.45) is 2.94. The lowest BCUT2D eigenvalue weighted by Crippen LogP contribution is -2.16. The molecule has 0 bridgehead atoms. The van der Waals surface area contributed by atoms with Crippen LogP contribution in [0.5, 0.6) is 5.88 Å². The molecule has 1 heterocycles. The molecule has 0 saturated carbocycles. The second kappa shape index (κ2) is 6.40. The Morgan fingerprint density at radius 2 is 2.27 bits per heavy atom. The maximum Gasteiger partial charge on any atom is 0.217 e. The van der Waals surface area contributed by atoms with Crippen LogP contribution >= 0.6 is 0 Å². The number of hydrogen-bond acceptors (Lipinski definition) is 3. The molecule has 0 spiro atoms. The normalized spacial score (nSPS) is 10.7. The summed E-state index contributed by atoms with van der Waals surface area (Å²) >= 11 is 0. The van der Waals surface area contributed by atoms with Gasteiger partial charge < -0.3 is 10.1 Å². The maximum absolute atomic E-state index is 5.17. The van der Waals surface area contributed by atoms with E-state index in [0.717, 1.165) is 30.5 Å². The Kier molecular flexibility index (Phi) is 5.12. The van der Waals surface area contributed by atoms with Crippen LogP contribution in [0.25, 0.3) is 0 Å². The standard InChI is InChI=1S/C12H20N2O/c1-10(2)6-8-13-9-11-5-4-7-14-12(11)15-3/h4-5,7,10,13H,6,8-9H2,1-3H3. The molecule has 84 valence electrons. The lowest BCUT2D eigenvalue weighted by Gasteiger charge is -2.09. The van der Waals surface area contributed by atoms with E-state index in [1.165, 1.54) is 6.42 Å². The molecule has 0 fully saturated rings. The Morgan fingerprint density at radius 1 is 1.47 bits per heavy atom. The van der Waals surface area contributed by atoms with Crippen molar-refractivity contribution in [2.75, 3.05) is 13.7 Å². The van der Waals surface area contributed by atoms with Gasteiger partial charge in [-0.3, -0.25) is 0 Å². The molecule has 1 N–H and O–H groups in total. The lowest BCUT2D eigenvalue weighted by molar-refractivity contribution is 0.390. The minimum Gasteiger partial charge on any atom is -0.481 e. The van der Waals surface area contributed by atoms with E-state index >= 15 is 0 Å². The third kappa shape index (κ3) is 4.30. The maximum atomic E-state index is 5.17. The smallest absolute Gasteiger partial charge is 0.217 e. The van der Waals surface area contributed by atoms with Crippen LogP contribution in [0.4, 0.5) is 0 Å². The van der Waals surface area contributed by atoms with E-state index in [2.05, 4.69) is 24.1 Å². The molecule has 1 aromatic rings.